The summed E-state index contributed by atoms with van der Waals surface area (Å²) >= 11 is 0. The number of carbonyl (C=O) groups is 5. The Hall–Kier alpha value is -4.24. The third-order valence-corrected chi connectivity index (χ3v) is 11.3. The van der Waals surface area contributed by atoms with Crippen LogP contribution in [-0.2, 0) is 42.8 Å². The summed E-state index contributed by atoms with van der Waals surface area (Å²) in [6.45, 7) is 13.6. The number of allylic oxidation sites excluding steroid dienone is 1. The highest BCUT2D eigenvalue weighted by atomic mass is 16.7. The summed E-state index contributed by atoms with van der Waals surface area (Å²) in [5, 5.41) is 0. The molecule has 1 saturated heterocycles. The molecule has 1 aromatic carbocycles. The Morgan fingerprint density at radius 1 is 1.05 bits per heavy atom. The summed E-state index contributed by atoms with van der Waals surface area (Å²) in [6.07, 6.45) is 1.25. The smallest absolute Gasteiger partial charge is 0.420 e. The number of carbonyl (C=O) groups excluding carboxylic acids is 5. The first-order valence-electron chi connectivity index (χ1n) is 19.4. The fourth-order valence-electron chi connectivity index (χ4n) is 7.91. The lowest BCUT2D eigenvalue weighted by Gasteiger charge is -2.47. The van der Waals surface area contributed by atoms with Crippen molar-refractivity contribution >= 4 is 29.6 Å². The van der Waals surface area contributed by atoms with Gasteiger partial charge in [0.15, 0.2) is 29.6 Å². The molecule has 3 heterocycles. The number of benzene rings is 1. The second-order valence-corrected chi connectivity index (χ2v) is 15.6. The van der Waals surface area contributed by atoms with E-state index in [0.717, 1.165) is 4.57 Å². The SMILES string of the molecule is CCC1OC(=O)[C@H](C)C(=O)[C@H](C)[C@@H](O[C@@H]2O[C@H](C)C[C@H](N(C)C)[C@H]2OC(=O)c2ccccc2)[C@@](C)(OC)C[C@@H](C)C(=O)/C(C)=C/[C@]1(CC)OC(=O)n1ccnc1. The normalized spacial score (nSPS) is 34.5. The van der Waals surface area contributed by atoms with Gasteiger partial charge in [-0.25, -0.2) is 19.1 Å². The zero-order valence-corrected chi connectivity index (χ0v) is 34.6. The molecule has 0 aliphatic carbocycles. The van der Waals surface area contributed by atoms with E-state index in [1.165, 1.54) is 32.8 Å². The third kappa shape index (κ3) is 9.82. The van der Waals surface area contributed by atoms with Crippen molar-refractivity contribution in [2.24, 2.45) is 17.8 Å². The van der Waals surface area contributed by atoms with Crippen molar-refractivity contribution < 1.29 is 52.4 Å². The number of nitrogens with zero attached hydrogens (tertiary/aromatic N) is 3. The van der Waals surface area contributed by atoms with Crippen molar-refractivity contribution in [3.05, 3.63) is 66.3 Å². The maximum absolute atomic E-state index is 14.5. The van der Waals surface area contributed by atoms with Crippen LogP contribution >= 0.6 is 0 Å². The van der Waals surface area contributed by atoms with E-state index in [0.29, 0.717) is 12.0 Å². The number of rotatable bonds is 9. The lowest BCUT2D eigenvalue weighted by molar-refractivity contribution is -0.294. The van der Waals surface area contributed by atoms with Gasteiger partial charge in [-0.2, -0.15) is 0 Å². The molecule has 2 aliphatic rings. The van der Waals surface area contributed by atoms with Crippen molar-refractivity contribution in [1.82, 2.24) is 14.5 Å². The third-order valence-electron chi connectivity index (χ3n) is 11.3. The molecule has 0 amide bonds. The van der Waals surface area contributed by atoms with Crippen LogP contribution in [-0.4, -0.2) is 113 Å². The second kappa shape index (κ2) is 18.8. The van der Waals surface area contributed by atoms with Gasteiger partial charge in [-0.15, -0.1) is 0 Å². The van der Waals surface area contributed by atoms with E-state index >= 15 is 0 Å². The zero-order valence-electron chi connectivity index (χ0n) is 34.6. The van der Waals surface area contributed by atoms with Crippen LogP contribution in [0.25, 0.3) is 0 Å². The highest BCUT2D eigenvalue weighted by Gasteiger charge is 2.51. The van der Waals surface area contributed by atoms with E-state index in [4.69, 9.17) is 28.4 Å². The fraction of sp³-hybridized carbons (Fsp3) is 0.619. The van der Waals surface area contributed by atoms with Crippen LogP contribution in [0.4, 0.5) is 4.79 Å². The fourth-order valence-corrected chi connectivity index (χ4v) is 7.91. The van der Waals surface area contributed by atoms with Crippen LogP contribution in [0.15, 0.2) is 60.7 Å². The van der Waals surface area contributed by atoms with Crippen LogP contribution in [0.2, 0.25) is 0 Å². The van der Waals surface area contributed by atoms with Gasteiger partial charge in [-0.3, -0.25) is 14.4 Å². The number of methoxy groups -OCH3 is 1. The van der Waals surface area contributed by atoms with Crippen LogP contribution in [0.3, 0.4) is 0 Å². The van der Waals surface area contributed by atoms with Crippen molar-refractivity contribution in [2.75, 3.05) is 21.2 Å². The van der Waals surface area contributed by atoms with E-state index in [1.807, 2.05) is 25.9 Å². The molecule has 1 unspecified atom stereocenters. The minimum atomic E-state index is -1.57. The second-order valence-electron chi connectivity index (χ2n) is 15.6. The van der Waals surface area contributed by atoms with Crippen LogP contribution in [0.1, 0.15) is 91.4 Å². The molecule has 0 radical (unpaired) electrons. The lowest BCUT2D eigenvalue weighted by Crippen LogP contribution is -2.60. The van der Waals surface area contributed by atoms with Gasteiger partial charge in [0.1, 0.15) is 18.3 Å². The van der Waals surface area contributed by atoms with Crippen LogP contribution < -0.4 is 0 Å². The number of esters is 2. The topological polar surface area (TPSA) is 162 Å². The molecule has 2 aromatic rings. The van der Waals surface area contributed by atoms with Gasteiger partial charge in [0.25, 0.3) is 0 Å². The Balaban J connectivity index is 1.80. The number of hydrogen-bond donors (Lipinski definition) is 0. The zero-order chi connectivity index (χ0) is 41.5. The largest absolute Gasteiger partial charge is 0.457 e. The number of Topliss-reactive ketones (excluding diaryl/α,β-unsaturated/α-hetero) is 2. The highest BCUT2D eigenvalue weighted by molar-refractivity contribution is 6.00. The van der Waals surface area contributed by atoms with E-state index in [9.17, 15) is 24.0 Å². The number of ketones is 2. The molecule has 4 rings (SSSR count). The van der Waals surface area contributed by atoms with Crippen molar-refractivity contribution in [2.45, 2.75) is 129 Å². The van der Waals surface area contributed by atoms with Gasteiger partial charge in [0.05, 0.1) is 29.4 Å². The lowest BCUT2D eigenvalue weighted by atomic mass is 9.76. The molecule has 11 atom stereocenters. The summed E-state index contributed by atoms with van der Waals surface area (Å²) in [4.78, 5) is 75.4. The van der Waals surface area contributed by atoms with E-state index < -0.39 is 77.4 Å². The summed E-state index contributed by atoms with van der Waals surface area (Å²) in [5.41, 5.74) is -2.26. The van der Waals surface area contributed by atoms with Crippen LogP contribution in [0.5, 0.6) is 0 Å². The van der Waals surface area contributed by atoms with E-state index in [-0.39, 0.29) is 42.8 Å². The Morgan fingerprint density at radius 3 is 2.30 bits per heavy atom. The Morgan fingerprint density at radius 2 is 1.73 bits per heavy atom. The van der Waals surface area contributed by atoms with Crippen molar-refractivity contribution in [1.29, 1.82) is 0 Å². The first-order chi connectivity index (χ1) is 26.4. The minimum absolute atomic E-state index is 0.0770. The van der Waals surface area contributed by atoms with Gasteiger partial charge in [-0.05, 0) is 91.3 Å². The van der Waals surface area contributed by atoms with Crippen LogP contribution in [0, 0.1) is 17.8 Å². The summed E-state index contributed by atoms with van der Waals surface area (Å²) in [5.74, 6) is -5.20. The first kappa shape index (κ1) is 44.5. The minimum Gasteiger partial charge on any atom is -0.457 e. The molecule has 1 fully saturated rings. The molecule has 14 heteroatoms. The Labute approximate surface area is 330 Å². The number of likely N-dealkylation sites (N-methyl/N-ethyl adjacent to an activating group) is 1. The molecule has 0 bridgehead atoms. The highest BCUT2D eigenvalue weighted by Crippen LogP contribution is 2.39. The number of hydrogen-bond acceptors (Lipinski definition) is 13. The Bertz CT molecular complexity index is 1710. The van der Waals surface area contributed by atoms with E-state index in [1.54, 1.807) is 78.0 Å². The predicted octanol–water partition coefficient (Wildman–Crippen LogP) is 5.82. The number of imidazole rings is 1. The quantitative estimate of drug-likeness (QED) is 0.170. The van der Waals surface area contributed by atoms with Gasteiger partial charge in [-0.1, -0.05) is 45.9 Å². The molecule has 1 aromatic heterocycles. The maximum atomic E-state index is 14.5. The van der Waals surface area contributed by atoms with Gasteiger partial charge >= 0.3 is 18.0 Å². The molecule has 308 valence electrons. The standard InChI is InChI=1S/C42H59N3O11/c1-12-32-42(13-2,56-40(50)45-20-19-43-24-45)23-26(4)33(46)25(3)22-41(8,51-11)36(28(6)34(47)29(7)37(48)53-32)55-39-35(31(44(9)10)21-27(5)52-39)54-38(49)30-17-15-14-16-18-30/h14-20,23-25,27-29,31-32,35-36,39H,12-13,21-22H2,1-11H3/b26-23+/t25-,27-,28+,29-,31+,32?,35-,36-,39+,41+,42+/m1/s1. The molecule has 0 saturated carbocycles. The predicted molar refractivity (Wildman–Crippen MR) is 206 cm³/mol. The molecule has 0 N–H and O–H groups in total. The molecular weight excluding hydrogens is 722 g/mol. The molecular formula is C42H59N3O11. The van der Waals surface area contributed by atoms with Crippen molar-refractivity contribution in [3.8, 4) is 0 Å². The molecule has 0 spiro atoms. The van der Waals surface area contributed by atoms with Crippen molar-refractivity contribution in [3.63, 3.8) is 0 Å². The summed E-state index contributed by atoms with van der Waals surface area (Å²) in [7, 11) is 5.22. The summed E-state index contributed by atoms with van der Waals surface area (Å²) in [6, 6.07) is 8.26. The first-order valence-corrected chi connectivity index (χ1v) is 19.4. The summed E-state index contributed by atoms with van der Waals surface area (Å²) < 4.78 is 38.8. The Kier molecular flexibility index (Phi) is 14.9. The monoisotopic (exact) mass is 781 g/mol. The van der Waals surface area contributed by atoms with Gasteiger partial charge in [0.2, 0.25) is 0 Å². The van der Waals surface area contributed by atoms with Gasteiger partial charge < -0.3 is 33.3 Å². The van der Waals surface area contributed by atoms with E-state index in [2.05, 4.69) is 4.98 Å². The number of ether oxygens (including phenoxy) is 6. The molecule has 2 aliphatic heterocycles. The molecule has 14 nitrogen and oxygen atoms in total. The number of cyclic esters (lactones) is 1. The molecule has 56 heavy (non-hydrogen) atoms. The van der Waals surface area contributed by atoms with Gasteiger partial charge in [0, 0.05) is 31.3 Å². The average Bonchev–Trinajstić information content (AvgIpc) is 3.73. The average molecular weight is 782 g/mol. The maximum Gasteiger partial charge on any atom is 0.420 e. The number of aromatic nitrogens is 2.